The number of allylic oxidation sites excluding steroid dienone is 2. The van der Waals surface area contributed by atoms with Gasteiger partial charge in [0, 0.05) is 6.42 Å². The van der Waals surface area contributed by atoms with Crippen LogP contribution in [0.4, 0.5) is 0 Å². The predicted molar refractivity (Wildman–Crippen MR) is 72.4 cm³/mol. The molecule has 0 N–H and O–H groups in total. The Labute approximate surface area is 101 Å². The van der Waals surface area contributed by atoms with Gasteiger partial charge in [0.1, 0.15) is 6.61 Å². The van der Waals surface area contributed by atoms with E-state index in [1.807, 2.05) is 27.7 Å². The Kier molecular flexibility index (Phi) is 24.3. The average Bonchev–Trinajstić information content (AvgIpc) is 2.38. The second-order valence-corrected chi connectivity index (χ2v) is 2.20. The predicted octanol–water partition coefficient (Wildman–Crippen LogP) is 4.29. The minimum atomic E-state index is -0.202. The molecule has 0 rings (SSSR count). The van der Waals surface area contributed by atoms with Crippen LogP contribution >= 0.6 is 0 Å². The monoisotopic (exact) mass is 226 g/mol. The van der Waals surface area contributed by atoms with E-state index >= 15 is 0 Å². The molecule has 16 heavy (non-hydrogen) atoms. The number of hydrogen-bond donors (Lipinski definition) is 0. The molecule has 0 saturated heterocycles. The van der Waals surface area contributed by atoms with Crippen molar-refractivity contribution in [3.63, 3.8) is 0 Å². The van der Waals surface area contributed by atoms with Gasteiger partial charge in [0.05, 0.1) is 0 Å². The van der Waals surface area contributed by atoms with Crippen LogP contribution in [0.1, 0.15) is 41.0 Å². The van der Waals surface area contributed by atoms with Gasteiger partial charge in [0.15, 0.2) is 0 Å². The highest BCUT2D eigenvalue weighted by Gasteiger charge is 1.97. The third-order valence-electron chi connectivity index (χ3n) is 1.28. The fourth-order valence-corrected chi connectivity index (χ4v) is 0.592. The van der Waals surface area contributed by atoms with Gasteiger partial charge < -0.3 is 4.74 Å². The van der Waals surface area contributed by atoms with Crippen LogP contribution in [0.25, 0.3) is 0 Å². The molecule has 0 aliphatic carbocycles. The Balaban J connectivity index is -0.000000376. The molecule has 0 atom stereocenters. The zero-order chi connectivity index (χ0) is 13.4. The van der Waals surface area contributed by atoms with Gasteiger partial charge in [0.2, 0.25) is 0 Å². The lowest BCUT2D eigenvalue weighted by Crippen LogP contribution is -2.04. The molecule has 0 heterocycles. The first-order valence-electron chi connectivity index (χ1n) is 5.84. The highest BCUT2D eigenvalue weighted by Crippen LogP contribution is 1.98. The summed E-state index contributed by atoms with van der Waals surface area (Å²) in [6, 6.07) is 0. The molecule has 2 nitrogen and oxygen atoms in total. The number of hydrogen-bond acceptors (Lipinski definition) is 2. The van der Waals surface area contributed by atoms with Crippen molar-refractivity contribution >= 4 is 5.97 Å². The molecule has 0 spiro atoms. The first-order chi connectivity index (χ1) is 7.74. The summed E-state index contributed by atoms with van der Waals surface area (Å²) < 4.78 is 4.87. The maximum absolute atomic E-state index is 10.7. The number of ether oxygens (including phenoxy) is 1. The van der Waals surface area contributed by atoms with Crippen molar-refractivity contribution in [2.75, 3.05) is 6.61 Å². The largest absolute Gasteiger partial charge is 0.461 e. The van der Waals surface area contributed by atoms with E-state index in [0.29, 0.717) is 6.42 Å². The zero-order valence-corrected chi connectivity index (χ0v) is 11.4. The van der Waals surface area contributed by atoms with Gasteiger partial charge in [-0.25, -0.2) is 0 Å². The first-order valence-corrected chi connectivity index (χ1v) is 5.84. The van der Waals surface area contributed by atoms with Crippen molar-refractivity contribution < 1.29 is 9.53 Å². The molecule has 0 aromatic rings. The SMILES string of the molecule is C=C/C=C(\C=C)COC(=O)CC.CC.CC. The lowest BCUT2D eigenvalue weighted by Gasteiger charge is -2.02. The fourth-order valence-electron chi connectivity index (χ4n) is 0.592. The summed E-state index contributed by atoms with van der Waals surface area (Å²) in [6.45, 7) is 17.1. The molecule has 0 unspecified atom stereocenters. The van der Waals surface area contributed by atoms with Gasteiger partial charge in [-0.05, 0) is 5.57 Å². The van der Waals surface area contributed by atoms with Gasteiger partial charge in [-0.3, -0.25) is 4.79 Å². The van der Waals surface area contributed by atoms with Crippen LogP contribution < -0.4 is 0 Å². The van der Waals surface area contributed by atoms with Crippen LogP contribution in [0, 0.1) is 0 Å². The minimum Gasteiger partial charge on any atom is -0.461 e. The first kappa shape index (κ1) is 20.1. The van der Waals surface area contributed by atoms with Gasteiger partial charge in [-0.2, -0.15) is 0 Å². The molecule has 0 aliphatic heterocycles. The fraction of sp³-hybridized carbons (Fsp3) is 0.500. The summed E-state index contributed by atoms with van der Waals surface area (Å²) in [5.41, 5.74) is 0.854. The van der Waals surface area contributed by atoms with Crippen LogP contribution in [0.3, 0.4) is 0 Å². The van der Waals surface area contributed by atoms with Crippen LogP contribution in [0.2, 0.25) is 0 Å². The zero-order valence-electron chi connectivity index (χ0n) is 11.4. The summed E-state index contributed by atoms with van der Waals surface area (Å²) in [7, 11) is 0. The van der Waals surface area contributed by atoms with E-state index in [2.05, 4.69) is 13.2 Å². The highest BCUT2D eigenvalue weighted by molar-refractivity contribution is 5.69. The van der Waals surface area contributed by atoms with E-state index in [9.17, 15) is 4.79 Å². The Morgan fingerprint density at radius 3 is 2.00 bits per heavy atom. The smallest absolute Gasteiger partial charge is 0.305 e. The van der Waals surface area contributed by atoms with Crippen LogP contribution in [-0.4, -0.2) is 12.6 Å². The van der Waals surface area contributed by atoms with E-state index in [1.54, 1.807) is 25.2 Å². The topological polar surface area (TPSA) is 26.3 Å². The number of rotatable bonds is 5. The number of carbonyl (C=O) groups is 1. The number of carbonyl (C=O) groups excluding carboxylic acids is 1. The molecule has 0 aromatic heterocycles. The van der Waals surface area contributed by atoms with E-state index in [4.69, 9.17) is 4.74 Å². The van der Waals surface area contributed by atoms with E-state index < -0.39 is 0 Å². The van der Waals surface area contributed by atoms with Gasteiger partial charge in [-0.1, -0.05) is 66.0 Å². The lowest BCUT2D eigenvalue weighted by molar-refractivity contribution is -0.142. The van der Waals surface area contributed by atoms with Crippen molar-refractivity contribution in [2.45, 2.75) is 41.0 Å². The summed E-state index contributed by atoms with van der Waals surface area (Å²) in [5.74, 6) is -0.202. The molecular weight excluding hydrogens is 200 g/mol. The third kappa shape index (κ3) is 15.2. The molecular formula is C14H26O2. The van der Waals surface area contributed by atoms with Crippen LogP contribution in [-0.2, 0) is 9.53 Å². The normalized spacial score (nSPS) is 8.69. The quantitative estimate of drug-likeness (QED) is 0.516. The summed E-state index contributed by atoms with van der Waals surface area (Å²) >= 11 is 0. The molecule has 0 amide bonds. The molecule has 0 bridgehead atoms. The summed E-state index contributed by atoms with van der Waals surface area (Å²) in [5, 5.41) is 0. The van der Waals surface area contributed by atoms with Crippen molar-refractivity contribution in [2.24, 2.45) is 0 Å². The Morgan fingerprint density at radius 1 is 1.19 bits per heavy atom. The summed E-state index contributed by atoms with van der Waals surface area (Å²) in [4.78, 5) is 10.7. The lowest BCUT2D eigenvalue weighted by atomic mass is 10.2. The molecule has 0 fully saturated rings. The highest BCUT2D eigenvalue weighted by atomic mass is 16.5. The van der Waals surface area contributed by atoms with Crippen LogP contribution in [0.5, 0.6) is 0 Å². The Bertz CT molecular complexity index is 203. The molecule has 0 saturated carbocycles. The van der Waals surface area contributed by atoms with Crippen molar-refractivity contribution in [1.82, 2.24) is 0 Å². The summed E-state index contributed by atoms with van der Waals surface area (Å²) in [6.07, 6.45) is 5.44. The van der Waals surface area contributed by atoms with Gasteiger partial charge >= 0.3 is 5.97 Å². The van der Waals surface area contributed by atoms with Crippen molar-refractivity contribution in [3.8, 4) is 0 Å². The molecule has 0 radical (unpaired) electrons. The van der Waals surface area contributed by atoms with Crippen molar-refractivity contribution in [1.29, 1.82) is 0 Å². The second kappa shape index (κ2) is 19.3. The average molecular weight is 226 g/mol. The van der Waals surface area contributed by atoms with E-state index in [0.717, 1.165) is 5.57 Å². The Hall–Kier alpha value is -1.31. The second-order valence-electron chi connectivity index (χ2n) is 2.20. The third-order valence-corrected chi connectivity index (χ3v) is 1.28. The molecule has 2 heteroatoms. The van der Waals surface area contributed by atoms with Crippen LogP contribution in [0.15, 0.2) is 37.0 Å². The molecule has 94 valence electrons. The number of esters is 1. The van der Waals surface area contributed by atoms with Gasteiger partial charge in [0.25, 0.3) is 0 Å². The molecule has 0 aliphatic rings. The van der Waals surface area contributed by atoms with Crippen molar-refractivity contribution in [3.05, 3.63) is 37.0 Å². The molecule has 0 aromatic carbocycles. The van der Waals surface area contributed by atoms with Gasteiger partial charge in [-0.15, -0.1) is 0 Å². The maximum atomic E-state index is 10.7. The van der Waals surface area contributed by atoms with E-state index in [-0.39, 0.29) is 12.6 Å². The standard InChI is InChI=1S/C10H14O2.2C2H6/c1-4-7-9(5-2)8-12-10(11)6-3;2*1-2/h4-5,7H,1-2,6,8H2,3H3;2*1-2H3/b9-7+;;. The maximum Gasteiger partial charge on any atom is 0.305 e. The van der Waals surface area contributed by atoms with E-state index in [1.165, 1.54) is 0 Å². The minimum absolute atomic E-state index is 0.202. The Morgan fingerprint density at radius 2 is 1.69 bits per heavy atom.